The number of ether oxygens (including phenoxy) is 2. The summed E-state index contributed by atoms with van der Waals surface area (Å²) in [5.74, 6) is -0.591. The standard InChI is InChI=1S/C68H116O5/c1-3-5-7-9-11-13-15-17-19-21-23-25-27-28-29-30-31-32-33-34-35-36-37-38-39-40-41-43-45-47-49-51-53-55-57-59-61-63-68(71)73-66(64-69)65-72-67(70)62-60-58-56-54-52-50-48-46-44-42-26-24-22-20-18-16-14-12-10-8-6-4-2/h5,7,11,13,17,19,23,25,28-29,31-32,34-35,37-38,40-41,66,69H,3-4,6,8-10,12,14-16,18,20-22,24,26-27,30,33,36,39,42-65H2,1-2H3/b7-5-,13-11-,19-17-,25-23-,29-28-,32-31-,35-34-,38-37-,41-40-. The third-order valence-corrected chi connectivity index (χ3v) is 13.3. The number of hydrogen-bond donors (Lipinski definition) is 1. The normalized spacial score (nSPS) is 13.0. The molecule has 0 heterocycles. The molecule has 1 unspecified atom stereocenters. The lowest BCUT2D eigenvalue weighted by molar-refractivity contribution is -0.161. The molecule has 0 spiro atoms. The largest absolute Gasteiger partial charge is 0.462 e. The number of rotatable bonds is 56. The molecule has 0 fully saturated rings. The zero-order valence-electron chi connectivity index (χ0n) is 47.9. The van der Waals surface area contributed by atoms with Crippen LogP contribution in [0.2, 0.25) is 0 Å². The highest BCUT2D eigenvalue weighted by molar-refractivity contribution is 5.70. The van der Waals surface area contributed by atoms with Crippen LogP contribution in [-0.2, 0) is 19.1 Å². The van der Waals surface area contributed by atoms with Gasteiger partial charge in [-0.25, -0.2) is 0 Å². The Kier molecular flexibility index (Phi) is 59.9. The van der Waals surface area contributed by atoms with Crippen LogP contribution >= 0.6 is 0 Å². The van der Waals surface area contributed by atoms with Crippen molar-refractivity contribution >= 4 is 11.9 Å². The lowest BCUT2D eigenvalue weighted by Crippen LogP contribution is -2.28. The lowest BCUT2D eigenvalue weighted by atomic mass is 10.0. The van der Waals surface area contributed by atoms with Crippen LogP contribution < -0.4 is 0 Å². The van der Waals surface area contributed by atoms with E-state index < -0.39 is 6.10 Å². The van der Waals surface area contributed by atoms with Crippen molar-refractivity contribution in [3.63, 3.8) is 0 Å². The van der Waals surface area contributed by atoms with E-state index in [1.807, 2.05) is 0 Å². The van der Waals surface area contributed by atoms with Gasteiger partial charge in [0.05, 0.1) is 6.61 Å². The zero-order valence-corrected chi connectivity index (χ0v) is 47.9. The molecule has 0 aromatic heterocycles. The molecule has 0 bridgehead atoms. The van der Waals surface area contributed by atoms with Crippen LogP contribution in [0.5, 0.6) is 0 Å². The van der Waals surface area contributed by atoms with Gasteiger partial charge in [0.2, 0.25) is 0 Å². The molecule has 0 amide bonds. The van der Waals surface area contributed by atoms with Crippen molar-refractivity contribution in [1.29, 1.82) is 0 Å². The predicted molar refractivity (Wildman–Crippen MR) is 320 cm³/mol. The second-order valence-corrected chi connectivity index (χ2v) is 20.4. The average molecular weight is 1010 g/mol. The summed E-state index contributed by atoms with van der Waals surface area (Å²) >= 11 is 0. The molecule has 0 aromatic carbocycles. The Bertz CT molecular complexity index is 1420. The molecular formula is C68H116O5. The maximum Gasteiger partial charge on any atom is 0.306 e. The molecule has 0 aliphatic carbocycles. The topological polar surface area (TPSA) is 72.8 Å². The maximum absolute atomic E-state index is 12.3. The summed E-state index contributed by atoms with van der Waals surface area (Å²) < 4.78 is 10.7. The Morgan fingerprint density at radius 2 is 0.589 bits per heavy atom. The van der Waals surface area contributed by atoms with Gasteiger partial charge in [-0.2, -0.15) is 0 Å². The molecule has 5 heteroatoms. The summed E-state index contributed by atoms with van der Waals surface area (Å²) in [5.41, 5.74) is 0. The SMILES string of the molecule is CC/C=C\C/C=C\C/C=C\C/C=C\C/C=C\C/C=C\C/C=C\C/C=C\C/C=C\CCCCCCCCCCCC(=O)OC(CO)COC(=O)CCCCCCCCCCCCCCCCCCCCCCCC. The Balaban J connectivity index is 3.54. The van der Waals surface area contributed by atoms with E-state index in [0.717, 1.165) is 103 Å². The summed E-state index contributed by atoms with van der Waals surface area (Å²) in [6.45, 7) is 4.05. The second-order valence-electron chi connectivity index (χ2n) is 20.4. The minimum atomic E-state index is -0.781. The second kappa shape index (κ2) is 62.9. The molecule has 0 radical (unpaired) electrons. The van der Waals surface area contributed by atoms with Gasteiger partial charge in [-0.05, 0) is 83.5 Å². The summed E-state index contributed by atoms with van der Waals surface area (Å²) in [6.07, 6.45) is 90.7. The van der Waals surface area contributed by atoms with E-state index in [9.17, 15) is 14.7 Å². The van der Waals surface area contributed by atoms with Crippen molar-refractivity contribution in [2.75, 3.05) is 13.2 Å². The van der Waals surface area contributed by atoms with Gasteiger partial charge < -0.3 is 14.6 Å². The van der Waals surface area contributed by atoms with Gasteiger partial charge in [0.15, 0.2) is 6.10 Å². The van der Waals surface area contributed by atoms with Crippen molar-refractivity contribution in [2.24, 2.45) is 0 Å². The quantitative estimate of drug-likeness (QED) is 0.0373. The van der Waals surface area contributed by atoms with Gasteiger partial charge in [0.25, 0.3) is 0 Å². The first-order valence-electron chi connectivity index (χ1n) is 30.9. The van der Waals surface area contributed by atoms with Gasteiger partial charge in [-0.15, -0.1) is 0 Å². The van der Waals surface area contributed by atoms with Crippen LogP contribution in [0.1, 0.15) is 290 Å². The van der Waals surface area contributed by atoms with Crippen LogP contribution in [0.4, 0.5) is 0 Å². The smallest absolute Gasteiger partial charge is 0.306 e. The number of aliphatic hydroxyl groups excluding tert-OH is 1. The third kappa shape index (κ3) is 61.0. The van der Waals surface area contributed by atoms with E-state index in [2.05, 4.69) is 123 Å². The summed E-state index contributed by atoms with van der Waals surface area (Å²) in [4.78, 5) is 24.6. The van der Waals surface area contributed by atoms with Crippen molar-refractivity contribution in [1.82, 2.24) is 0 Å². The molecule has 0 aliphatic heterocycles. The minimum absolute atomic E-state index is 0.0697. The fraction of sp³-hybridized carbons (Fsp3) is 0.706. The molecule has 73 heavy (non-hydrogen) atoms. The number of unbranched alkanes of at least 4 members (excludes halogenated alkanes) is 30. The summed E-state index contributed by atoms with van der Waals surface area (Å²) in [5, 5.41) is 9.67. The number of esters is 2. The molecule has 1 N–H and O–H groups in total. The fourth-order valence-corrected chi connectivity index (χ4v) is 8.73. The van der Waals surface area contributed by atoms with Crippen LogP contribution in [0.15, 0.2) is 109 Å². The molecule has 0 aliphatic rings. The van der Waals surface area contributed by atoms with Crippen LogP contribution in [0.25, 0.3) is 0 Å². The Morgan fingerprint density at radius 1 is 0.329 bits per heavy atom. The Labute approximate surface area is 452 Å². The van der Waals surface area contributed by atoms with Crippen LogP contribution in [0.3, 0.4) is 0 Å². The third-order valence-electron chi connectivity index (χ3n) is 13.3. The lowest BCUT2D eigenvalue weighted by Gasteiger charge is -2.15. The first-order chi connectivity index (χ1) is 36.1. The summed E-state index contributed by atoms with van der Waals surface area (Å²) in [7, 11) is 0. The van der Waals surface area contributed by atoms with E-state index in [4.69, 9.17) is 9.47 Å². The Hall–Kier alpha value is -3.44. The van der Waals surface area contributed by atoms with Crippen LogP contribution in [0, 0.1) is 0 Å². The van der Waals surface area contributed by atoms with Crippen molar-refractivity contribution in [3.8, 4) is 0 Å². The van der Waals surface area contributed by atoms with Crippen molar-refractivity contribution in [3.05, 3.63) is 109 Å². The van der Waals surface area contributed by atoms with E-state index in [1.165, 1.54) is 161 Å². The molecule has 418 valence electrons. The van der Waals surface area contributed by atoms with Gasteiger partial charge in [0.1, 0.15) is 6.61 Å². The average Bonchev–Trinajstić information content (AvgIpc) is 3.39. The zero-order chi connectivity index (χ0) is 52.7. The first-order valence-corrected chi connectivity index (χ1v) is 30.9. The highest BCUT2D eigenvalue weighted by atomic mass is 16.6. The number of carbonyl (C=O) groups excluding carboxylic acids is 2. The first kappa shape index (κ1) is 69.6. The molecule has 1 atom stereocenters. The van der Waals surface area contributed by atoms with Crippen LogP contribution in [-0.4, -0.2) is 36.4 Å². The van der Waals surface area contributed by atoms with E-state index in [1.54, 1.807) is 0 Å². The van der Waals surface area contributed by atoms with Gasteiger partial charge in [-0.1, -0.05) is 303 Å². The minimum Gasteiger partial charge on any atom is -0.462 e. The summed E-state index contributed by atoms with van der Waals surface area (Å²) in [6, 6.07) is 0. The monoisotopic (exact) mass is 1010 g/mol. The molecule has 0 saturated carbocycles. The number of carbonyl (C=O) groups is 2. The highest BCUT2D eigenvalue weighted by Crippen LogP contribution is 2.17. The number of aliphatic hydroxyl groups is 1. The molecule has 5 nitrogen and oxygen atoms in total. The van der Waals surface area contributed by atoms with Crippen molar-refractivity contribution in [2.45, 2.75) is 296 Å². The molecular weight excluding hydrogens is 897 g/mol. The fourth-order valence-electron chi connectivity index (χ4n) is 8.73. The Morgan fingerprint density at radius 3 is 0.890 bits per heavy atom. The number of hydrogen-bond acceptors (Lipinski definition) is 5. The van der Waals surface area contributed by atoms with Crippen molar-refractivity contribution < 1.29 is 24.2 Å². The van der Waals surface area contributed by atoms with Gasteiger partial charge in [-0.3, -0.25) is 9.59 Å². The molecule has 0 aromatic rings. The van der Waals surface area contributed by atoms with E-state index in [0.29, 0.717) is 12.8 Å². The van der Waals surface area contributed by atoms with E-state index in [-0.39, 0.29) is 25.2 Å². The maximum atomic E-state index is 12.3. The van der Waals surface area contributed by atoms with Gasteiger partial charge >= 0.3 is 11.9 Å². The molecule has 0 rings (SSSR count). The van der Waals surface area contributed by atoms with Gasteiger partial charge in [0, 0.05) is 12.8 Å². The van der Waals surface area contributed by atoms with E-state index >= 15 is 0 Å². The highest BCUT2D eigenvalue weighted by Gasteiger charge is 2.16. The molecule has 0 saturated heterocycles. The predicted octanol–water partition coefficient (Wildman–Crippen LogP) is 21.3. The number of allylic oxidation sites excluding steroid dienone is 18.